The van der Waals surface area contributed by atoms with E-state index in [1.165, 1.54) is 30.3 Å². The van der Waals surface area contributed by atoms with Crippen molar-refractivity contribution in [1.82, 2.24) is 9.97 Å². The third-order valence-electron chi connectivity index (χ3n) is 4.32. The van der Waals surface area contributed by atoms with Gasteiger partial charge in [0, 0.05) is 30.4 Å². The van der Waals surface area contributed by atoms with E-state index < -0.39 is 0 Å². The molecule has 0 aliphatic carbocycles. The summed E-state index contributed by atoms with van der Waals surface area (Å²) in [5.41, 5.74) is 4.24. The van der Waals surface area contributed by atoms with Gasteiger partial charge < -0.3 is 10.4 Å². The molecule has 2 aromatic heterocycles. The molecule has 0 unspecified atom stereocenters. The molecule has 1 fully saturated rings. The molecule has 0 spiro atoms. The highest BCUT2D eigenvalue weighted by molar-refractivity contribution is 8.93. The van der Waals surface area contributed by atoms with Gasteiger partial charge in [0.25, 0.3) is 0 Å². The molecule has 1 aromatic carbocycles. The number of rotatable bonds is 2. The van der Waals surface area contributed by atoms with Crippen molar-refractivity contribution in [2.75, 3.05) is 18.0 Å². The largest absolute Gasteiger partial charge is 0.412 e. The van der Waals surface area contributed by atoms with Gasteiger partial charge in [-0.15, -0.1) is 34.0 Å². The molecule has 25 heavy (non-hydrogen) atoms. The lowest BCUT2D eigenvalue weighted by Gasteiger charge is -2.30. The normalized spacial score (nSPS) is 13.4. The Morgan fingerprint density at radius 2 is 1.52 bits per heavy atom. The molecule has 0 radical (unpaired) electrons. The molecule has 1 aliphatic rings. The molecule has 4 rings (SSSR count). The Labute approximate surface area is 169 Å². The van der Waals surface area contributed by atoms with Gasteiger partial charge in [-0.05, 0) is 43.5 Å². The van der Waals surface area contributed by atoms with Crippen LogP contribution >= 0.6 is 34.0 Å². The lowest BCUT2D eigenvalue weighted by molar-refractivity contribution is 0.579. The van der Waals surface area contributed by atoms with Gasteiger partial charge in [0.1, 0.15) is 0 Å². The van der Waals surface area contributed by atoms with Crippen molar-refractivity contribution >= 4 is 50.6 Å². The van der Waals surface area contributed by atoms with E-state index in [0.717, 1.165) is 30.0 Å². The minimum atomic E-state index is 0. The van der Waals surface area contributed by atoms with Crippen LogP contribution in [0.5, 0.6) is 0 Å². The highest BCUT2D eigenvalue weighted by Gasteiger charge is 2.16. The van der Waals surface area contributed by atoms with E-state index >= 15 is 0 Å². The van der Waals surface area contributed by atoms with Crippen LogP contribution in [-0.4, -0.2) is 28.5 Å². The summed E-state index contributed by atoms with van der Waals surface area (Å²) in [6.07, 6.45) is 5.71. The summed E-state index contributed by atoms with van der Waals surface area (Å²) in [5.74, 6) is 0. The van der Waals surface area contributed by atoms with Crippen molar-refractivity contribution < 1.29 is 5.48 Å². The molecule has 3 heterocycles. The molecule has 3 aromatic rings. The number of piperidine rings is 1. The van der Waals surface area contributed by atoms with Gasteiger partial charge >= 0.3 is 0 Å². The maximum atomic E-state index is 4.81. The van der Waals surface area contributed by atoms with E-state index in [1.807, 2.05) is 24.4 Å². The molecular weight excluding hydrogens is 446 g/mol. The van der Waals surface area contributed by atoms with Crippen LogP contribution in [0.25, 0.3) is 22.3 Å². The SMILES string of the molecule is Br.Br.O.c1ccc(-c2cc(N3CCCCC3)c3ccccc3n2)nc1. The lowest BCUT2D eigenvalue weighted by Crippen LogP contribution is -2.29. The lowest BCUT2D eigenvalue weighted by atomic mass is 10.1. The van der Waals surface area contributed by atoms with E-state index in [1.54, 1.807) is 0 Å². The first-order valence-electron chi connectivity index (χ1n) is 7.98. The number of halogens is 2. The number of fused-ring (bicyclic) bond motifs is 1. The molecule has 0 saturated carbocycles. The summed E-state index contributed by atoms with van der Waals surface area (Å²) in [4.78, 5) is 11.8. The molecule has 4 nitrogen and oxygen atoms in total. The van der Waals surface area contributed by atoms with Gasteiger partial charge in [-0.1, -0.05) is 24.3 Å². The van der Waals surface area contributed by atoms with Crippen LogP contribution in [0.15, 0.2) is 54.7 Å². The number of pyridine rings is 2. The first kappa shape index (κ1) is 21.5. The Morgan fingerprint density at radius 1 is 0.800 bits per heavy atom. The molecule has 1 aliphatic heterocycles. The van der Waals surface area contributed by atoms with E-state index in [0.29, 0.717) is 0 Å². The summed E-state index contributed by atoms with van der Waals surface area (Å²) in [5, 5.41) is 1.24. The van der Waals surface area contributed by atoms with E-state index in [-0.39, 0.29) is 39.4 Å². The highest BCUT2D eigenvalue weighted by Crippen LogP contribution is 2.31. The van der Waals surface area contributed by atoms with Crippen molar-refractivity contribution in [3.05, 3.63) is 54.7 Å². The van der Waals surface area contributed by atoms with Crippen LogP contribution in [-0.2, 0) is 0 Å². The molecule has 0 amide bonds. The van der Waals surface area contributed by atoms with E-state index in [9.17, 15) is 0 Å². The predicted molar refractivity (Wildman–Crippen MR) is 115 cm³/mol. The zero-order chi connectivity index (χ0) is 14.8. The predicted octanol–water partition coefficient (Wildman–Crippen LogP) is 4.62. The van der Waals surface area contributed by atoms with E-state index in [2.05, 4.69) is 40.2 Å². The topological polar surface area (TPSA) is 60.5 Å². The Morgan fingerprint density at radius 3 is 2.24 bits per heavy atom. The minimum absolute atomic E-state index is 0. The van der Waals surface area contributed by atoms with Crippen LogP contribution in [0.4, 0.5) is 5.69 Å². The van der Waals surface area contributed by atoms with Crippen molar-refractivity contribution in [2.24, 2.45) is 0 Å². The molecule has 2 N–H and O–H groups in total. The third-order valence-corrected chi connectivity index (χ3v) is 4.32. The number of aromatic nitrogens is 2. The second-order valence-electron chi connectivity index (χ2n) is 5.81. The molecule has 1 saturated heterocycles. The van der Waals surface area contributed by atoms with Crippen molar-refractivity contribution in [3.63, 3.8) is 0 Å². The number of para-hydroxylation sites is 1. The monoisotopic (exact) mass is 467 g/mol. The number of benzene rings is 1. The van der Waals surface area contributed by atoms with Crippen LogP contribution < -0.4 is 4.90 Å². The van der Waals surface area contributed by atoms with Crippen molar-refractivity contribution in [2.45, 2.75) is 19.3 Å². The number of hydrogen-bond donors (Lipinski definition) is 0. The minimum Gasteiger partial charge on any atom is -0.412 e. The molecule has 6 heteroatoms. The summed E-state index contributed by atoms with van der Waals surface area (Å²) in [7, 11) is 0. The van der Waals surface area contributed by atoms with Gasteiger partial charge in [-0.3, -0.25) is 4.98 Å². The maximum Gasteiger partial charge on any atom is 0.0914 e. The molecule has 0 atom stereocenters. The maximum absolute atomic E-state index is 4.81. The smallest absolute Gasteiger partial charge is 0.0914 e. The first-order valence-corrected chi connectivity index (χ1v) is 7.98. The van der Waals surface area contributed by atoms with Gasteiger partial charge in [0.05, 0.1) is 16.9 Å². The van der Waals surface area contributed by atoms with Gasteiger partial charge in [0.15, 0.2) is 0 Å². The summed E-state index contributed by atoms with van der Waals surface area (Å²) < 4.78 is 0. The Hall–Kier alpha value is -1.50. The summed E-state index contributed by atoms with van der Waals surface area (Å²) in [6, 6.07) is 16.6. The fourth-order valence-corrected chi connectivity index (χ4v) is 3.20. The average molecular weight is 469 g/mol. The van der Waals surface area contributed by atoms with Crippen LogP contribution in [0, 0.1) is 0 Å². The zero-order valence-corrected chi connectivity index (χ0v) is 17.3. The highest BCUT2D eigenvalue weighted by atomic mass is 79.9. The van der Waals surface area contributed by atoms with Crippen LogP contribution in [0.1, 0.15) is 19.3 Å². The molecular formula is C19H23Br2N3O. The Bertz CT molecular complexity index is 793. The number of anilines is 1. The van der Waals surface area contributed by atoms with Crippen molar-refractivity contribution in [1.29, 1.82) is 0 Å². The van der Waals surface area contributed by atoms with Crippen LogP contribution in [0.3, 0.4) is 0 Å². The first-order chi connectivity index (χ1) is 10.9. The standard InChI is InChI=1S/C19H19N3.2BrH.H2O/c1-6-12-22(13-7-1)19-14-18(17-10-4-5-11-20-17)21-16-9-3-2-8-15(16)19;;;/h2-5,8-11,14H,1,6-7,12-13H2;2*1H;1H2. The van der Waals surface area contributed by atoms with Crippen LogP contribution in [0.2, 0.25) is 0 Å². The second kappa shape index (κ2) is 9.85. The number of nitrogens with zero attached hydrogens (tertiary/aromatic N) is 3. The fraction of sp³-hybridized carbons (Fsp3) is 0.263. The number of hydrogen-bond acceptors (Lipinski definition) is 3. The molecule has 134 valence electrons. The zero-order valence-electron chi connectivity index (χ0n) is 13.9. The quantitative estimate of drug-likeness (QED) is 0.551. The Kier molecular flexibility index (Phi) is 8.48. The molecule has 0 bridgehead atoms. The summed E-state index contributed by atoms with van der Waals surface area (Å²) >= 11 is 0. The van der Waals surface area contributed by atoms with Gasteiger partial charge in [-0.2, -0.15) is 0 Å². The fourth-order valence-electron chi connectivity index (χ4n) is 3.20. The average Bonchev–Trinajstić information content (AvgIpc) is 2.62. The summed E-state index contributed by atoms with van der Waals surface area (Å²) in [6.45, 7) is 2.27. The second-order valence-corrected chi connectivity index (χ2v) is 5.81. The van der Waals surface area contributed by atoms with Gasteiger partial charge in [0.2, 0.25) is 0 Å². The Balaban J connectivity index is 0.00000104. The van der Waals surface area contributed by atoms with Gasteiger partial charge in [-0.25, -0.2) is 4.98 Å². The van der Waals surface area contributed by atoms with E-state index in [4.69, 9.17) is 4.98 Å². The third kappa shape index (κ3) is 4.57. The van der Waals surface area contributed by atoms with Crippen molar-refractivity contribution in [3.8, 4) is 11.4 Å².